The van der Waals surface area contributed by atoms with Gasteiger partial charge < -0.3 is 40.3 Å². The molecule has 96 heavy (non-hydrogen) atoms. The summed E-state index contributed by atoms with van der Waals surface area (Å²) < 4.78 is 11.3. The maximum Gasteiger partial charge on any atom is 0.220 e. The van der Waals surface area contributed by atoms with Crippen LogP contribution in [0, 0.1) is 0 Å². The van der Waals surface area contributed by atoms with Crippen LogP contribution in [0.5, 0.6) is 0 Å². The lowest BCUT2D eigenvalue weighted by Crippen LogP contribution is -2.60. The van der Waals surface area contributed by atoms with Gasteiger partial charge in [-0.15, -0.1) is 0 Å². The lowest BCUT2D eigenvalue weighted by atomic mass is 9.99. The third kappa shape index (κ3) is 62.4. The van der Waals surface area contributed by atoms with Crippen molar-refractivity contribution in [2.45, 2.75) is 448 Å². The number of carbonyl (C=O) groups excluding carboxylic acids is 1. The Morgan fingerprint density at radius 1 is 0.365 bits per heavy atom. The van der Waals surface area contributed by atoms with Gasteiger partial charge in [0.05, 0.1) is 25.4 Å². The van der Waals surface area contributed by atoms with Crippen LogP contribution in [-0.4, -0.2) is 87.5 Å². The van der Waals surface area contributed by atoms with Crippen LogP contribution in [0.25, 0.3) is 0 Å². The number of ether oxygens (including phenoxy) is 2. The summed E-state index contributed by atoms with van der Waals surface area (Å²) in [5.74, 6) is -0.180. The second-order valence-electron chi connectivity index (χ2n) is 28.9. The van der Waals surface area contributed by atoms with E-state index in [0.717, 1.165) is 70.6 Å². The molecule has 0 bridgehead atoms. The quantitative estimate of drug-likeness (QED) is 0.0261. The van der Waals surface area contributed by atoms with E-state index in [0.29, 0.717) is 6.42 Å². The molecule has 9 nitrogen and oxygen atoms in total. The highest BCUT2D eigenvalue weighted by Gasteiger charge is 2.44. The van der Waals surface area contributed by atoms with Crippen LogP contribution in [0.15, 0.2) is 85.1 Å². The van der Waals surface area contributed by atoms with E-state index in [-0.39, 0.29) is 12.5 Å². The number of carbonyl (C=O) groups is 1. The highest BCUT2D eigenvalue weighted by atomic mass is 16.7. The van der Waals surface area contributed by atoms with Gasteiger partial charge in [0.25, 0.3) is 0 Å². The number of hydrogen-bond donors (Lipinski definition) is 6. The zero-order valence-electron chi connectivity index (χ0n) is 63.1. The molecule has 1 aliphatic heterocycles. The third-order valence-corrected chi connectivity index (χ3v) is 19.7. The first-order valence-electron chi connectivity index (χ1n) is 41.8. The predicted molar refractivity (Wildman–Crippen MR) is 415 cm³/mol. The summed E-state index contributed by atoms with van der Waals surface area (Å²) >= 11 is 0. The van der Waals surface area contributed by atoms with Crippen molar-refractivity contribution in [2.24, 2.45) is 0 Å². The van der Waals surface area contributed by atoms with Crippen LogP contribution < -0.4 is 5.32 Å². The van der Waals surface area contributed by atoms with Crippen molar-refractivity contribution in [3.8, 4) is 0 Å². The monoisotopic (exact) mass is 1350 g/mol. The zero-order valence-corrected chi connectivity index (χ0v) is 63.1. The number of rotatable bonds is 74. The fraction of sp³-hybridized carbons (Fsp3) is 0.828. The number of unbranched alkanes of at least 4 members (excludes halogenated alkanes) is 52. The molecule has 0 radical (unpaired) electrons. The Kier molecular flexibility index (Phi) is 71.4. The fourth-order valence-corrected chi connectivity index (χ4v) is 13.3. The Labute approximate surface area is 594 Å². The third-order valence-electron chi connectivity index (χ3n) is 19.7. The van der Waals surface area contributed by atoms with Crippen molar-refractivity contribution in [1.82, 2.24) is 5.32 Å². The molecule has 0 aromatic heterocycles. The van der Waals surface area contributed by atoms with Gasteiger partial charge in [0.1, 0.15) is 24.4 Å². The molecule has 1 fully saturated rings. The maximum atomic E-state index is 13.2. The van der Waals surface area contributed by atoms with E-state index in [1.165, 1.54) is 315 Å². The van der Waals surface area contributed by atoms with E-state index in [1.54, 1.807) is 6.08 Å². The molecule has 1 saturated heterocycles. The SMILES string of the molecule is CC/C=C\C/C=C\C/C=C\C/C=C\C/C=C\CCCCCCCCCCCCCCCCCCCCCCCCCCCC(=O)NC(COC1OC(CO)C(O)C(O)C1O)C(O)/C=C/CC/C=C/CCCCCCCCCCCCCCCCCCCCCCCCCCCC. The van der Waals surface area contributed by atoms with Gasteiger partial charge in [-0.05, 0) is 77.0 Å². The van der Waals surface area contributed by atoms with Crippen molar-refractivity contribution in [2.75, 3.05) is 13.2 Å². The minimum atomic E-state index is -1.58. The van der Waals surface area contributed by atoms with Crippen LogP contribution >= 0.6 is 0 Å². The van der Waals surface area contributed by atoms with E-state index >= 15 is 0 Å². The van der Waals surface area contributed by atoms with Gasteiger partial charge in [0.15, 0.2) is 6.29 Å². The lowest BCUT2D eigenvalue weighted by molar-refractivity contribution is -0.302. The van der Waals surface area contributed by atoms with E-state index in [1.807, 2.05) is 6.08 Å². The van der Waals surface area contributed by atoms with Gasteiger partial charge in [-0.25, -0.2) is 0 Å². The Hall–Kier alpha value is -2.63. The molecule has 0 aromatic rings. The summed E-state index contributed by atoms with van der Waals surface area (Å²) in [6, 6.07) is -0.825. The molecule has 7 unspecified atom stereocenters. The molecule has 1 aliphatic rings. The van der Waals surface area contributed by atoms with Crippen LogP contribution in [0.2, 0.25) is 0 Å². The molecule has 0 saturated carbocycles. The van der Waals surface area contributed by atoms with Gasteiger partial charge in [-0.3, -0.25) is 4.79 Å². The van der Waals surface area contributed by atoms with Gasteiger partial charge in [-0.2, -0.15) is 0 Å². The summed E-state index contributed by atoms with van der Waals surface area (Å²) in [7, 11) is 0. The molecule has 9 heteroatoms. The van der Waals surface area contributed by atoms with Gasteiger partial charge in [0, 0.05) is 6.42 Å². The number of amides is 1. The number of hydrogen-bond acceptors (Lipinski definition) is 8. The second kappa shape index (κ2) is 75.0. The summed E-state index contributed by atoms with van der Waals surface area (Å²) in [5.41, 5.74) is 0. The largest absolute Gasteiger partial charge is 0.394 e. The normalized spacial score (nSPS) is 17.8. The molecule has 560 valence electrons. The molecular formula is C87H159NO8. The minimum absolute atomic E-state index is 0.180. The molecular weight excluding hydrogens is 1190 g/mol. The van der Waals surface area contributed by atoms with Crippen LogP contribution in [0.4, 0.5) is 0 Å². The van der Waals surface area contributed by atoms with Gasteiger partial charge >= 0.3 is 0 Å². The van der Waals surface area contributed by atoms with E-state index in [4.69, 9.17) is 9.47 Å². The highest BCUT2D eigenvalue weighted by molar-refractivity contribution is 5.76. The average molecular weight is 1350 g/mol. The fourth-order valence-electron chi connectivity index (χ4n) is 13.3. The zero-order chi connectivity index (χ0) is 69.2. The summed E-state index contributed by atoms with van der Waals surface area (Å²) in [6.07, 6.45) is 102. The molecule has 0 aromatic carbocycles. The second-order valence-corrected chi connectivity index (χ2v) is 28.9. The van der Waals surface area contributed by atoms with Crippen molar-refractivity contribution < 1.29 is 39.8 Å². The van der Waals surface area contributed by atoms with Crippen LogP contribution in [0.1, 0.15) is 406 Å². The number of nitrogens with one attached hydrogen (secondary N) is 1. The van der Waals surface area contributed by atoms with Crippen molar-refractivity contribution in [3.63, 3.8) is 0 Å². The summed E-state index contributed by atoms with van der Waals surface area (Å²) in [5, 5.41) is 54.9. The standard InChI is InChI=1S/C87H159NO8/c1-3-5-7-9-11-13-15-17-19-21-23-25-27-29-31-33-35-37-38-39-40-41-42-43-44-45-47-49-51-53-55-57-59-61-63-65-67-69-71-73-75-77-83(91)88-80(79-95-87-86(94)85(93)84(92)82(78-89)96-87)81(90)76-74-72-70-68-66-64-62-60-58-56-54-52-50-48-46-36-34-32-30-28-26-24-22-20-18-16-14-12-10-8-6-4-2/h5,7,11,13,17,19,23,25,29,31,66,68,74,76,80-82,84-87,89-90,92-94H,3-4,6,8-10,12,14-16,18,20-22,24,26-28,30,32-65,67,69-73,75,77-79H2,1-2H3,(H,88,91)/b7-5-,13-11-,19-17-,25-23-,31-29-,68-66+,76-74+. The Bertz CT molecular complexity index is 1810. The number of aliphatic hydroxyl groups excluding tert-OH is 5. The minimum Gasteiger partial charge on any atom is -0.394 e. The molecule has 0 spiro atoms. The Balaban J connectivity index is 2.05. The highest BCUT2D eigenvalue weighted by Crippen LogP contribution is 2.24. The molecule has 0 aliphatic carbocycles. The Morgan fingerprint density at radius 3 is 1.00 bits per heavy atom. The smallest absolute Gasteiger partial charge is 0.220 e. The van der Waals surface area contributed by atoms with Crippen molar-refractivity contribution >= 4 is 5.91 Å². The van der Waals surface area contributed by atoms with E-state index in [9.17, 15) is 30.3 Å². The predicted octanol–water partition coefficient (Wildman–Crippen LogP) is 24.4. The first kappa shape index (κ1) is 91.4. The van der Waals surface area contributed by atoms with E-state index < -0.39 is 49.5 Å². The maximum absolute atomic E-state index is 13.2. The molecule has 1 heterocycles. The Morgan fingerprint density at radius 2 is 0.656 bits per heavy atom. The molecule has 1 rings (SSSR count). The van der Waals surface area contributed by atoms with Crippen LogP contribution in [-0.2, 0) is 14.3 Å². The van der Waals surface area contributed by atoms with Gasteiger partial charge in [-0.1, -0.05) is 407 Å². The molecule has 6 N–H and O–H groups in total. The topological polar surface area (TPSA) is 149 Å². The van der Waals surface area contributed by atoms with Gasteiger partial charge in [0.2, 0.25) is 5.91 Å². The molecule has 7 atom stereocenters. The van der Waals surface area contributed by atoms with Crippen molar-refractivity contribution in [1.29, 1.82) is 0 Å². The van der Waals surface area contributed by atoms with Crippen LogP contribution in [0.3, 0.4) is 0 Å². The number of aliphatic hydroxyl groups is 5. The van der Waals surface area contributed by atoms with E-state index in [2.05, 4.69) is 92.1 Å². The van der Waals surface area contributed by atoms with Crippen molar-refractivity contribution in [3.05, 3.63) is 85.1 Å². The molecule has 1 amide bonds. The first-order valence-corrected chi connectivity index (χ1v) is 41.8. The summed E-state index contributed by atoms with van der Waals surface area (Å²) in [6.45, 7) is 3.70. The lowest BCUT2D eigenvalue weighted by Gasteiger charge is -2.40. The summed E-state index contributed by atoms with van der Waals surface area (Å²) in [4.78, 5) is 13.2. The number of allylic oxidation sites excluding steroid dienone is 13. The average Bonchev–Trinajstić information content (AvgIpc) is 0.840. The first-order chi connectivity index (χ1) is 47.3.